The van der Waals surface area contributed by atoms with E-state index in [2.05, 4.69) is 54.7 Å². The van der Waals surface area contributed by atoms with E-state index in [0.717, 1.165) is 11.8 Å². The van der Waals surface area contributed by atoms with E-state index in [-0.39, 0.29) is 0 Å². The van der Waals surface area contributed by atoms with Crippen molar-refractivity contribution in [2.75, 3.05) is 0 Å². The van der Waals surface area contributed by atoms with Crippen LogP contribution in [0.4, 0.5) is 0 Å². The molecule has 116 valence electrons. The van der Waals surface area contributed by atoms with Crippen LogP contribution in [0.15, 0.2) is 54.7 Å². The average Bonchev–Trinajstić information content (AvgIpc) is 2.65. The lowest BCUT2D eigenvalue weighted by Gasteiger charge is -2.38. The largest absolute Gasteiger partial charge is 0.256 e. The first-order valence-electron chi connectivity index (χ1n) is 9.12. The lowest BCUT2D eigenvalue weighted by molar-refractivity contribution is 0.360. The first kappa shape index (κ1) is 12.9. The Labute approximate surface area is 141 Å². The van der Waals surface area contributed by atoms with Crippen LogP contribution >= 0.6 is 0 Å². The molecule has 1 saturated carbocycles. The van der Waals surface area contributed by atoms with Gasteiger partial charge in [0.25, 0.3) is 0 Å². The highest BCUT2D eigenvalue weighted by Crippen LogP contribution is 2.51. The molecule has 0 spiro atoms. The predicted octanol–water partition coefficient (Wildman–Crippen LogP) is 6.30. The summed E-state index contributed by atoms with van der Waals surface area (Å²) in [6, 6.07) is 18.0. The second-order valence-electron chi connectivity index (χ2n) is 7.59. The van der Waals surface area contributed by atoms with Crippen molar-refractivity contribution in [1.82, 2.24) is 4.98 Å². The zero-order chi connectivity index (χ0) is 15.7. The third-order valence-corrected chi connectivity index (χ3v) is 6.34. The van der Waals surface area contributed by atoms with Crippen LogP contribution in [-0.4, -0.2) is 4.98 Å². The second kappa shape index (κ2) is 4.57. The van der Waals surface area contributed by atoms with Gasteiger partial charge in [0.15, 0.2) is 0 Å². The summed E-state index contributed by atoms with van der Waals surface area (Å²) in [7, 11) is 0. The molecule has 0 N–H and O–H groups in total. The van der Waals surface area contributed by atoms with Gasteiger partial charge in [-0.2, -0.15) is 0 Å². The molecule has 1 nitrogen and oxygen atoms in total. The molecule has 1 fully saturated rings. The summed E-state index contributed by atoms with van der Waals surface area (Å²) in [5, 5.41) is 6.68. The summed E-state index contributed by atoms with van der Waals surface area (Å²) >= 11 is 0. The van der Waals surface area contributed by atoms with Crippen molar-refractivity contribution in [3.05, 3.63) is 65.9 Å². The van der Waals surface area contributed by atoms with Crippen molar-refractivity contribution in [3.63, 3.8) is 0 Å². The second-order valence-corrected chi connectivity index (χ2v) is 7.59. The first-order valence-corrected chi connectivity index (χ1v) is 9.12. The van der Waals surface area contributed by atoms with Gasteiger partial charge in [0.05, 0.1) is 5.52 Å². The quantitative estimate of drug-likeness (QED) is 0.347. The molecule has 0 aliphatic heterocycles. The van der Waals surface area contributed by atoms with E-state index in [1.165, 1.54) is 58.1 Å². The van der Waals surface area contributed by atoms with Gasteiger partial charge in [-0.15, -0.1) is 0 Å². The van der Waals surface area contributed by atoms with Crippen molar-refractivity contribution < 1.29 is 0 Å². The first-order chi connectivity index (χ1) is 11.9. The zero-order valence-electron chi connectivity index (χ0n) is 13.6. The zero-order valence-corrected chi connectivity index (χ0v) is 13.6. The minimum absolute atomic E-state index is 0.758. The summed E-state index contributed by atoms with van der Waals surface area (Å²) < 4.78 is 0. The van der Waals surface area contributed by atoms with Crippen LogP contribution in [0, 0.1) is 0 Å². The lowest BCUT2D eigenvalue weighted by atomic mass is 9.66. The lowest BCUT2D eigenvalue weighted by Crippen LogP contribution is -2.22. The van der Waals surface area contributed by atoms with Crippen LogP contribution in [0.25, 0.3) is 32.4 Å². The molecular formula is C23H19N. The van der Waals surface area contributed by atoms with E-state index in [4.69, 9.17) is 4.98 Å². The molecule has 0 unspecified atom stereocenters. The summed E-state index contributed by atoms with van der Waals surface area (Å²) in [4.78, 5) is 4.84. The van der Waals surface area contributed by atoms with Crippen molar-refractivity contribution in [2.45, 2.75) is 37.5 Å². The van der Waals surface area contributed by atoms with Crippen molar-refractivity contribution >= 4 is 32.4 Å². The SMILES string of the molecule is c1ccc2cc3cc4c5c(cnc4cc3cc2c1)C1CCC5CC1. The molecule has 1 heteroatoms. The number of aromatic nitrogens is 1. The summed E-state index contributed by atoms with van der Waals surface area (Å²) in [6.07, 6.45) is 7.64. The molecule has 1 aromatic heterocycles. The number of hydrogen-bond donors (Lipinski definition) is 0. The number of hydrogen-bond acceptors (Lipinski definition) is 1. The van der Waals surface area contributed by atoms with E-state index in [9.17, 15) is 0 Å². The molecule has 0 radical (unpaired) electrons. The van der Waals surface area contributed by atoms with Crippen molar-refractivity contribution in [3.8, 4) is 0 Å². The third kappa shape index (κ3) is 1.67. The third-order valence-electron chi connectivity index (χ3n) is 6.34. The van der Waals surface area contributed by atoms with Gasteiger partial charge in [-0.3, -0.25) is 4.98 Å². The number of benzene rings is 3. The van der Waals surface area contributed by atoms with E-state index >= 15 is 0 Å². The topological polar surface area (TPSA) is 12.9 Å². The highest BCUT2D eigenvalue weighted by Gasteiger charge is 2.34. The molecule has 1 heterocycles. The fourth-order valence-electron chi connectivity index (χ4n) is 5.14. The molecule has 0 amide bonds. The Morgan fingerprint density at radius 2 is 1.38 bits per heavy atom. The maximum atomic E-state index is 4.84. The number of rotatable bonds is 0. The van der Waals surface area contributed by atoms with Crippen molar-refractivity contribution in [2.24, 2.45) is 0 Å². The maximum absolute atomic E-state index is 4.84. The van der Waals surface area contributed by atoms with Gasteiger partial charge in [0.2, 0.25) is 0 Å². The Morgan fingerprint density at radius 3 is 2.12 bits per heavy atom. The molecular weight excluding hydrogens is 290 g/mol. The van der Waals surface area contributed by atoms with E-state index in [1.807, 2.05) is 0 Å². The Kier molecular flexibility index (Phi) is 2.46. The molecule has 7 rings (SSSR count). The fourth-order valence-corrected chi connectivity index (χ4v) is 5.14. The molecule has 3 aromatic carbocycles. The highest BCUT2D eigenvalue weighted by molar-refractivity contribution is 6.04. The van der Waals surface area contributed by atoms with E-state index in [1.54, 1.807) is 11.1 Å². The van der Waals surface area contributed by atoms with Gasteiger partial charge < -0.3 is 0 Å². The van der Waals surface area contributed by atoms with Gasteiger partial charge in [0.1, 0.15) is 0 Å². The van der Waals surface area contributed by atoms with E-state index < -0.39 is 0 Å². The summed E-state index contributed by atoms with van der Waals surface area (Å²) in [5.41, 5.74) is 4.34. The molecule has 24 heavy (non-hydrogen) atoms. The van der Waals surface area contributed by atoms with Crippen LogP contribution in [0.3, 0.4) is 0 Å². The minimum Gasteiger partial charge on any atom is -0.256 e. The van der Waals surface area contributed by atoms with Gasteiger partial charge >= 0.3 is 0 Å². The van der Waals surface area contributed by atoms with Crippen LogP contribution in [0.5, 0.6) is 0 Å². The van der Waals surface area contributed by atoms with Crippen molar-refractivity contribution in [1.29, 1.82) is 0 Å². The predicted molar refractivity (Wildman–Crippen MR) is 101 cm³/mol. The van der Waals surface area contributed by atoms with Gasteiger partial charge in [-0.25, -0.2) is 0 Å². The van der Waals surface area contributed by atoms with Crippen LogP contribution in [0.2, 0.25) is 0 Å². The Balaban J connectivity index is 1.72. The molecule has 4 aromatic rings. The monoisotopic (exact) mass is 309 g/mol. The average molecular weight is 309 g/mol. The molecule has 2 bridgehead atoms. The normalized spacial score (nSPS) is 22.3. The highest BCUT2D eigenvalue weighted by atomic mass is 14.7. The van der Waals surface area contributed by atoms with Crippen LogP contribution in [0.1, 0.15) is 48.6 Å². The molecule has 0 saturated heterocycles. The summed E-state index contributed by atoms with van der Waals surface area (Å²) in [5.74, 6) is 1.52. The van der Waals surface area contributed by atoms with Gasteiger partial charge in [-0.1, -0.05) is 24.3 Å². The van der Waals surface area contributed by atoms with Crippen LogP contribution < -0.4 is 0 Å². The Hall–Kier alpha value is -2.41. The number of pyridine rings is 1. The minimum atomic E-state index is 0.758. The molecule has 0 atom stereocenters. The van der Waals surface area contributed by atoms with Gasteiger partial charge in [-0.05, 0) is 94.5 Å². The number of nitrogens with zero attached hydrogens (tertiary/aromatic N) is 1. The standard InChI is InChI=1S/C23H19N/c1-2-4-17-10-19-12-22-20(11-18(19)9-16(17)3-1)23-15-7-5-14(6-8-15)21(23)13-24-22/h1-4,9-15H,5-8H2. The Morgan fingerprint density at radius 1 is 0.708 bits per heavy atom. The molecule has 3 aliphatic rings. The van der Waals surface area contributed by atoms with Gasteiger partial charge in [0, 0.05) is 11.6 Å². The summed E-state index contributed by atoms with van der Waals surface area (Å²) in [6.45, 7) is 0. The van der Waals surface area contributed by atoms with E-state index in [0.29, 0.717) is 0 Å². The van der Waals surface area contributed by atoms with Crippen LogP contribution in [-0.2, 0) is 0 Å². The fraction of sp³-hybridized carbons (Fsp3) is 0.261. The number of fused-ring (bicyclic) bond motifs is 5. The molecule has 3 aliphatic carbocycles. The smallest absolute Gasteiger partial charge is 0.0711 e. The Bertz CT molecular complexity index is 1120. The maximum Gasteiger partial charge on any atom is 0.0711 e.